The highest BCUT2D eigenvalue weighted by molar-refractivity contribution is 14.1. The molecule has 0 spiro atoms. The van der Waals surface area contributed by atoms with Gasteiger partial charge in [0, 0.05) is 16.7 Å². The van der Waals surface area contributed by atoms with Gasteiger partial charge in [0.05, 0.1) is 5.92 Å². The first-order valence-electron chi connectivity index (χ1n) is 8.26. The van der Waals surface area contributed by atoms with Crippen molar-refractivity contribution in [2.45, 2.75) is 39.0 Å². The number of aryl methyl sites for hydroxylation is 1. The molecule has 1 amide bonds. The van der Waals surface area contributed by atoms with Crippen LogP contribution in [0.3, 0.4) is 0 Å². The first-order chi connectivity index (χ1) is 10.6. The molecule has 1 aromatic rings. The molecule has 22 heavy (non-hydrogen) atoms. The number of hydrogen-bond donors (Lipinski definition) is 0. The van der Waals surface area contributed by atoms with Gasteiger partial charge in [-0.25, -0.2) is 0 Å². The Morgan fingerprint density at radius 2 is 2.09 bits per heavy atom. The fourth-order valence-corrected chi connectivity index (χ4v) is 3.44. The van der Waals surface area contributed by atoms with Gasteiger partial charge in [0.1, 0.15) is 0 Å². The lowest BCUT2D eigenvalue weighted by atomic mass is 9.93. The number of rotatable bonds is 5. The van der Waals surface area contributed by atoms with Gasteiger partial charge in [0.25, 0.3) is 0 Å². The van der Waals surface area contributed by atoms with E-state index >= 15 is 0 Å². The highest BCUT2D eigenvalue weighted by Crippen LogP contribution is 2.23. The van der Waals surface area contributed by atoms with Crippen LogP contribution in [0.2, 0.25) is 0 Å². The Balaban J connectivity index is 1.81. The second-order valence-corrected chi connectivity index (χ2v) is 7.56. The third-order valence-corrected chi connectivity index (χ3v) is 5.38. The molecule has 2 atom stereocenters. The molecule has 0 radical (unpaired) electrons. The monoisotopic (exact) mass is 411 g/mol. The van der Waals surface area contributed by atoms with Gasteiger partial charge in [0.15, 0.2) is 0 Å². The molecular formula is C19H26INO. The predicted molar refractivity (Wildman–Crippen MR) is 101 cm³/mol. The van der Waals surface area contributed by atoms with Crippen molar-refractivity contribution in [2.75, 3.05) is 13.1 Å². The average Bonchev–Trinajstić information content (AvgIpc) is 2.78. The van der Waals surface area contributed by atoms with Crippen LogP contribution < -0.4 is 0 Å². The Kier molecular flexibility index (Phi) is 6.93. The third kappa shape index (κ3) is 5.11. The lowest BCUT2D eigenvalue weighted by Gasteiger charge is -2.23. The van der Waals surface area contributed by atoms with Crippen molar-refractivity contribution in [3.63, 3.8) is 0 Å². The molecule has 1 aliphatic heterocycles. The minimum absolute atomic E-state index is 0.0525. The zero-order valence-electron chi connectivity index (χ0n) is 13.4. The predicted octanol–water partition coefficient (Wildman–Crippen LogP) is 4.67. The van der Waals surface area contributed by atoms with Crippen molar-refractivity contribution in [3.8, 4) is 0 Å². The van der Waals surface area contributed by atoms with Crippen LogP contribution in [0.5, 0.6) is 0 Å². The van der Waals surface area contributed by atoms with E-state index in [1.54, 1.807) is 6.08 Å². The fraction of sp³-hybridized carbons (Fsp3) is 0.526. The van der Waals surface area contributed by atoms with Crippen LogP contribution in [0, 0.1) is 15.4 Å². The molecule has 3 heteroatoms. The van der Waals surface area contributed by atoms with Gasteiger partial charge in [0.2, 0.25) is 5.91 Å². The van der Waals surface area contributed by atoms with Crippen LogP contribution in [-0.2, 0) is 11.2 Å². The number of nitrogens with zero attached hydrogens (tertiary/aromatic N) is 1. The van der Waals surface area contributed by atoms with Crippen molar-refractivity contribution >= 4 is 28.5 Å². The van der Waals surface area contributed by atoms with Gasteiger partial charge in [-0.3, -0.25) is 4.79 Å². The van der Waals surface area contributed by atoms with Crippen molar-refractivity contribution in [1.82, 2.24) is 4.90 Å². The zero-order chi connectivity index (χ0) is 15.9. The molecule has 120 valence electrons. The summed E-state index contributed by atoms with van der Waals surface area (Å²) in [7, 11) is 0. The van der Waals surface area contributed by atoms with E-state index in [9.17, 15) is 4.79 Å². The standard InChI is InChI=1S/C19H26INO/c1-3-15(2)19(22)21-13-4-5-16(12-14-21)6-7-17-8-10-18(20)11-9-17/h3,8-11,15-16H,1,4-7,12-14H2,2H3. The van der Waals surface area contributed by atoms with Gasteiger partial charge in [-0.15, -0.1) is 6.58 Å². The van der Waals surface area contributed by atoms with E-state index in [-0.39, 0.29) is 11.8 Å². The summed E-state index contributed by atoms with van der Waals surface area (Å²) < 4.78 is 1.29. The highest BCUT2D eigenvalue weighted by atomic mass is 127. The molecule has 2 rings (SSSR count). The van der Waals surface area contributed by atoms with E-state index < -0.39 is 0 Å². The number of halogens is 1. The highest BCUT2D eigenvalue weighted by Gasteiger charge is 2.22. The number of carbonyl (C=O) groups is 1. The summed E-state index contributed by atoms with van der Waals surface area (Å²) in [6.45, 7) is 7.50. The largest absolute Gasteiger partial charge is 0.342 e. The molecule has 2 unspecified atom stereocenters. The molecule has 0 bridgehead atoms. The summed E-state index contributed by atoms with van der Waals surface area (Å²) >= 11 is 2.35. The molecule has 1 heterocycles. The van der Waals surface area contributed by atoms with E-state index in [4.69, 9.17) is 0 Å². The zero-order valence-corrected chi connectivity index (χ0v) is 15.6. The second kappa shape index (κ2) is 8.70. The van der Waals surface area contributed by atoms with Gasteiger partial charge in [-0.05, 0) is 78.3 Å². The molecule has 1 fully saturated rings. The van der Waals surface area contributed by atoms with E-state index in [1.807, 2.05) is 11.8 Å². The number of amides is 1. The van der Waals surface area contributed by atoms with Crippen LogP contribution in [0.4, 0.5) is 0 Å². The van der Waals surface area contributed by atoms with Gasteiger partial charge in [-0.2, -0.15) is 0 Å². The van der Waals surface area contributed by atoms with Crippen LogP contribution in [0.15, 0.2) is 36.9 Å². The lowest BCUT2D eigenvalue weighted by molar-refractivity contribution is -0.133. The number of carbonyl (C=O) groups excluding carboxylic acids is 1. The Bertz CT molecular complexity index is 497. The molecule has 1 saturated heterocycles. The summed E-state index contributed by atoms with van der Waals surface area (Å²) in [4.78, 5) is 14.3. The maximum atomic E-state index is 12.3. The van der Waals surface area contributed by atoms with E-state index in [0.717, 1.165) is 38.3 Å². The second-order valence-electron chi connectivity index (χ2n) is 6.31. The molecular weight excluding hydrogens is 385 g/mol. The van der Waals surface area contributed by atoms with Crippen molar-refractivity contribution < 1.29 is 4.79 Å². The van der Waals surface area contributed by atoms with Crippen molar-refractivity contribution in [1.29, 1.82) is 0 Å². The van der Waals surface area contributed by atoms with E-state index in [1.165, 1.54) is 22.0 Å². The molecule has 2 nitrogen and oxygen atoms in total. The van der Waals surface area contributed by atoms with Gasteiger partial charge in [-0.1, -0.05) is 25.1 Å². The molecule has 1 aromatic carbocycles. The topological polar surface area (TPSA) is 20.3 Å². The fourth-order valence-electron chi connectivity index (χ4n) is 3.09. The molecule has 0 N–H and O–H groups in total. The number of likely N-dealkylation sites (tertiary alicyclic amines) is 1. The van der Waals surface area contributed by atoms with Crippen molar-refractivity contribution in [2.24, 2.45) is 11.8 Å². The van der Waals surface area contributed by atoms with Crippen LogP contribution in [-0.4, -0.2) is 23.9 Å². The SMILES string of the molecule is C=CC(C)C(=O)N1CCCC(CCc2ccc(I)cc2)CC1. The molecule has 1 aliphatic rings. The molecule has 0 aromatic heterocycles. The first kappa shape index (κ1) is 17.5. The van der Waals surface area contributed by atoms with Crippen LogP contribution >= 0.6 is 22.6 Å². The molecule has 0 aliphatic carbocycles. The normalized spacial score (nSPS) is 20.3. The summed E-state index contributed by atoms with van der Waals surface area (Å²) in [6.07, 6.45) is 7.66. The number of benzene rings is 1. The van der Waals surface area contributed by atoms with E-state index in [0.29, 0.717) is 0 Å². The minimum atomic E-state index is -0.0525. The van der Waals surface area contributed by atoms with Crippen molar-refractivity contribution in [3.05, 3.63) is 46.1 Å². The van der Waals surface area contributed by atoms with Gasteiger partial charge >= 0.3 is 0 Å². The summed E-state index contributed by atoms with van der Waals surface area (Å²) in [5, 5.41) is 0. The lowest BCUT2D eigenvalue weighted by Crippen LogP contribution is -2.35. The quantitative estimate of drug-likeness (QED) is 0.509. The summed E-state index contributed by atoms with van der Waals surface area (Å²) in [5.41, 5.74) is 1.43. The average molecular weight is 411 g/mol. The molecule has 0 saturated carbocycles. The first-order valence-corrected chi connectivity index (χ1v) is 9.34. The summed E-state index contributed by atoms with van der Waals surface area (Å²) in [5.74, 6) is 0.938. The third-order valence-electron chi connectivity index (χ3n) is 4.66. The van der Waals surface area contributed by atoms with Crippen LogP contribution in [0.25, 0.3) is 0 Å². The van der Waals surface area contributed by atoms with Crippen LogP contribution in [0.1, 0.15) is 38.2 Å². The number of hydrogen-bond acceptors (Lipinski definition) is 1. The van der Waals surface area contributed by atoms with E-state index in [2.05, 4.69) is 53.4 Å². The van der Waals surface area contributed by atoms with Gasteiger partial charge < -0.3 is 4.90 Å². The smallest absolute Gasteiger partial charge is 0.229 e. The Morgan fingerprint density at radius 1 is 1.36 bits per heavy atom. The maximum absolute atomic E-state index is 12.3. The maximum Gasteiger partial charge on any atom is 0.229 e. The Hall–Kier alpha value is -0.840. The minimum Gasteiger partial charge on any atom is -0.342 e. The summed E-state index contributed by atoms with van der Waals surface area (Å²) in [6, 6.07) is 8.83. The Labute approximate surface area is 148 Å². The Morgan fingerprint density at radius 3 is 2.77 bits per heavy atom.